The number of ether oxygens (including phenoxy) is 1. The molecule has 1 amide bonds. The topological polar surface area (TPSA) is 55.4 Å². The van der Waals surface area contributed by atoms with Crippen molar-refractivity contribution in [2.24, 2.45) is 0 Å². The number of amides is 1. The summed E-state index contributed by atoms with van der Waals surface area (Å²) >= 11 is 2.93. The summed E-state index contributed by atoms with van der Waals surface area (Å²) in [6, 6.07) is 11.2. The molecular weight excluding hydrogens is 330 g/mol. The van der Waals surface area contributed by atoms with Gasteiger partial charge in [0.25, 0.3) is 5.91 Å². The van der Waals surface area contributed by atoms with Gasteiger partial charge in [-0.15, -0.1) is 23.1 Å². The molecule has 1 aromatic heterocycles. The normalized spacial score (nSPS) is 13.2. The van der Waals surface area contributed by atoms with Gasteiger partial charge in [-0.2, -0.15) is 0 Å². The third kappa shape index (κ3) is 4.59. The summed E-state index contributed by atoms with van der Waals surface area (Å²) in [6.07, 6.45) is 0. The molecule has 2 atom stereocenters. The Balaban J connectivity index is 2.12. The summed E-state index contributed by atoms with van der Waals surface area (Å²) in [7, 11) is 1.36. The van der Waals surface area contributed by atoms with Gasteiger partial charge in [0.1, 0.15) is 5.25 Å². The first-order chi connectivity index (χ1) is 11.0. The highest BCUT2D eigenvalue weighted by molar-refractivity contribution is 8.00. The van der Waals surface area contributed by atoms with Gasteiger partial charge in [-0.1, -0.05) is 18.2 Å². The summed E-state index contributed by atoms with van der Waals surface area (Å²) in [4.78, 5) is 26.0. The SMILES string of the molecule is COC(=O)[C@H](C)Sc1ccccc1C(=O)N[C@H](C)c1cccs1. The molecule has 0 saturated heterocycles. The molecule has 1 N–H and O–H groups in total. The monoisotopic (exact) mass is 349 g/mol. The molecule has 1 aromatic carbocycles. The van der Waals surface area contributed by atoms with E-state index in [2.05, 4.69) is 5.32 Å². The van der Waals surface area contributed by atoms with Crippen LogP contribution < -0.4 is 5.32 Å². The van der Waals surface area contributed by atoms with Crippen LogP contribution >= 0.6 is 23.1 Å². The molecule has 0 unspecified atom stereocenters. The van der Waals surface area contributed by atoms with Gasteiger partial charge in [-0.3, -0.25) is 9.59 Å². The second-order valence-electron chi connectivity index (χ2n) is 4.99. The van der Waals surface area contributed by atoms with Crippen LogP contribution in [-0.2, 0) is 9.53 Å². The van der Waals surface area contributed by atoms with E-state index in [9.17, 15) is 9.59 Å². The van der Waals surface area contributed by atoms with Crippen LogP contribution in [0.1, 0.15) is 35.1 Å². The van der Waals surface area contributed by atoms with Crippen molar-refractivity contribution in [1.82, 2.24) is 5.32 Å². The van der Waals surface area contributed by atoms with E-state index in [0.717, 1.165) is 9.77 Å². The Bertz CT molecular complexity index is 670. The predicted octanol–water partition coefficient (Wildman–Crippen LogP) is 3.89. The van der Waals surface area contributed by atoms with Gasteiger partial charge in [-0.25, -0.2) is 0 Å². The molecule has 2 rings (SSSR count). The number of thiophene rings is 1. The van der Waals surface area contributed by atoms with Gasteiger partial charge >= 0.3 is 5.97 Å². The second kappa shape index (κ2) is 8.17. The average molecular weight is 349 g/mol. The van der Waals surface area contributed by atoms with Gasteiger partial charge < -0.3 is 10.1 Å². The maximum atomic E-state index is 12.6. The number of carbonyl (C=O) groups is 2. The molecule has 4 nitrogen and oxygen atoms in total. The Morgan fingerprint density at radius 3 is 2.57 bits per heavy atom. The number of rotatable bonds is 6. The molecule has 0 spiro atoms. The Morgan fingerprint density at radius 1 is 1.17 bits per heavy atom. The van der Waals surface area contributed by atoms with E-state index in [0.29, 0.717) is 5.56 Å². The van der Waals surface area contributed by atoms with Crippen LogP contribution in [0, 0.1) is 0 Å². The fraction of sp³-hybridized carbons (Fsp3) is 0.294. The van der Waals surface area contributed by atoms with Crippen molar-refractivity contribution >= 4 is 35.0 Å². The van der Waals surface area contributed by atoms with E-state index in [1.165, 1.54) is 18.9 Å². The summed E-state index contributed by atoms with van der Waals surface area (Å²) in [5.41, 5.74) is 0.566. The van der Waals surface area contributed by atoms with Crippen molar-refractivity contribution in [3.8, 4) is 0 Å². The van der Waals surface area contributed by atoms with Crippen molar-refractivity contribution in [3.63, 3.8) is 0 Å². The lowest BCUT2D eigenvalue weighted by Gasteiger charge is -2.15. The molecule has 0 bridgehead atoms. The lowest BCUT2D eigenvalue weighted by molar-refractivity contribution is -0.139. The molecule has 2 aromatic rings. The van der Waals surface area contributed by atoms with E-state index in [-0.39, 0.29) is 23.2 Å². The summed E-state index contributed by atoms with van der Waals surface area (Å²) in [5, 5.41) is 4.61. The van der Waals surface area contributed by atoms with Gasteiger partial charge in [0.2, 0.25) is 0 Å². The highest BCUT2D eigenvalue weighted by atomic mass is 32.2. The standard InChI is InChI=1S/C17H19NO3S2/c1-11(14-9-6-10-22-14)18-16(19)13-7-4-5-8-15(13)23-12(2)17(20)21-3/h4-12H,1-3H3,(H,18,19)/t11-,12+/m1/s1. The molecule has 1 heterocycles. The van der Waals surface area contributed by atoms with Crippen LogP contribution in [0.15, 0.2) is 46.7 Å². The van der Waals surface area contributed by atoms with E-state index in [1.807, 2.05) is 42.6 Å². The number of benzene rings is 1. The minimum Gasteiger partial charge on any atom is -0.468 e. The Hall–Kier alpha value is -1.79. The summed E-state index contributed by atoms with van der Waals surface area (Å²) in [5.74, 6) is -0.455. The Labute approximate surface area is 144 Å². The van der Waals surface area contributed by atoms with E-state index in [4.69, 9.17) is 4.74 Å². The van der Waals surface area contributed by atoms with Crippen molar-refractivity contribution in [1.29, 1.82) is 0 Å². The highest BCUT2D eigenvalue weighted by Gasteiger charge is 2.20. The maximum Gasteiger partial charge on any atom is 0.318 e. The van der Waals surface area contributed by atoms with Crippen molar-refractivity contribution in [3.05, 3.63) is 52.2 Å². The zero-order chi connectivity index (χ0) is 16.8. The molecule has 0 radical (unpaired) electrons. The average Bonchev–Trinajstić information content (AvgIpc) is 3.09. The Kier molecular flexibility index (Phi) is 6.24. The summed E-state index contributed by atoms with van der Waals surface area (Å²) in [6.45, 7) is 3.72. The van der Waals surface area contributed by atoms with Crippen molar-refractivity contribution < 1.29 is 14.3 Å². The molecule has 0 aliphatic rings. The number of carbonyl (C=O) groups excluding carboxylic acids is 2. The number of hydrogen-bond acceptors (Lipinski definition) is 5. The summed E-state index contributed by atoms with van der Waals surface area (Å²) < 4.78 is 4.74. The zero-order valence-electron chi connectivity index (χ0n) is 13.2. The first kappa shape index (κ1) is 17.6. The van der Waals surface area contributed by atoms with Gasteiger partial charge in [0, 0.05) is 9.77 Å². The van der Waals surface area contributed by atoms with E-state index < -0.39 is 0 Å². The molecular formula is C17H19NO3S2. The minimum absolute atomic E-state index is 0.0569. The third-order valence-electron chi connectivity index (χ3n) is 3.29. The minimum atomic E-state index is -0.372. The van der Waals surface area contributed by atoms with Gasteiger partial charge in [0.05, 0.1) is 18.7 Å². The van der Waals surface area contributed by atoms with E-state index >= 15 is 0 Å². The number of methoxy groups -OCH3 is 1. The molecule has 0 aliphatic heterocycles. The smallest absolute Gasteiger partial charge is 0.318 e. The van der Waals surface area contributed by atoms with Crippen LogP contribution in [-0.4, -0.2) is 24.2 Å². The van der Waals surface area contributed by atoms with Crippen LogP contribution in [0.2, 0.25) is 0 Å². The number of thioether (sulfide) groups is 1. The number of esters is 1. The van der Waals surface area contributed by atoms with Crippen LogP contribution in [0.5, 0.6) is 0 Å². The van der Waals surface area contributed by atoms with Crippen LogP contribution in [0.4, 0.5) is 0 Å². The van der Waals surface area contributed by atoms with Gasteiger partial charge in [0.15, 0.2) is 0 Å². The first-order valence-corrected chi connectivity index (χ1v) is 8.96. The fourth-order valence-corrected chi connectivity index (χ4v) is 3.80. The maximum absolute atomic E-state index is 12.6. The lowest BCUT2D eigenvalue weighted by Crippen LogP contribution is -2.27. The molecule has 0 aliphatic carbocycles. The lowest BCUT2D eigenvalue weighted by atomic mass is 10.2. The molecule has 6 heteroatoms. The molecule has 0 saturated carbocycles. The third-order valence-corrected chi connectivity index (χ3v) is 5.50. The zero-order valence-corrected chi connectivity index (χ0v) is 14.9. The van der Waals surface area contributed by atoms with Crippen molar-refractivity contribution in [2.45, 2.75) is 30.0 Å². The van der Waals surface area contributed by atoms with Gasteiger partial charge in [-0.05, 0) is 37.4 Å². The molecule has 122 valence electrons. The quantitative estimate of drug-likeness (QED) is 0.635. The molecule has 23 heavy (non-hydrogen) atoms. The highest BCUT2D eigenvalue weighted by Crippen LogP contribution is 2.28. The first-order valence-electron chi connectivity index (χ1n) is 7.20. The largest absolute Gasteiger partial charge is 0.468 e. The number of nitrogens with one attached hydrogen (secondary N) is 1. The second-order valence-corrected chi connectivity index (χ2v) is 7.35. The molecule has 0 fully saturated rings. The number of hydrogen-bond donors (Lipinski definition) is 1. The Morgan fingerprint density at radius 2 is 1.91 bits per heavy atom. The predicted molar refractivity (Wildman–Crippen MR) is 94.0 cm³/mol. The van der Waals surface area contributed by atoms with Crippen LogP contribution in [0.3, 0.4) is 0 Å². The fourth-order valence-electron chi connectivity index (χ4n) is 2.04. The van der Waals surface area contributed by atoms with Crippen molar-refractivity contribution in [2.75, 3.05) is 7.11 Å². The van der Waals surface area contributed by atoms with E-state index in [1.54, 1.807) is 24.3 Å². The van der Waals surface area contributed by atoms with Crippen LogP contribution in [0.25, 0.3) is 0 Å².